The van der Waals surface area contributed by atoms with E-state index in [4.69, 9.17) is 4.74 Å². The summed E-state index contributed by atoms with van der Waals surface area (Å²) in [5.41, 5.74) is 0.00559. The van der Waals surface area contributed by atoms with Crippen molar-refractivity contribution in [1.29, 1.82) is 0 Å². The molecule has 1 rings (SSSR count). The molecular formula is C14H30N2O. The smallest absolute Gasteiger partial charge is 0.0634 e. The minimum atomic E-state index is 0.00559. The zero-order chi connectivity index (χ0) is 12.9. The lowest BCUT2D eigenvalue weighted by molar-refractivity contribution is 0.0147. The molecule has 1 aliphatic rings. The fraction of sp³-hybridized carbons (Fsp3) is 1.00. The van der Waals surface area contributed by atoms with E-state index in [0.717, 1.165) is 13.0 Å². The minimum absolute atomic E-state index is 0.00559. The number of hydrogen-bond donors (Lipinski definition) is 1. The van der Waals surface area contributed by atoms with Crippen molar-refractivity contribution >= 4 is 0 Å². The van der Waals surface area contributed by atoms with Crippen LogP contribution in [0.2, 0.25) is 0 Å². The molecule has 3 nitrogen and oxygen atoms in total. The summed E-state index contributed by atoms with van der Waals surface area (Å²) >= 11 is 0. The number of ether oxygens (including phenoxy) is 1. The van der Waals surface area contributed by atoms with Crippen LogP contribution in [0.15, 0.2) is 0 Å². The lowest BCUT2D eigenvalue weighted by atomic mass is 10.0. The first-order valence-corrected chi connectivity index (χ1v) is 6.97. The van der Waals surface area contributed by atoms with Gasteiger partial charge in [0.2, 0.25) is 0 Å². The van der Waals surface area contributed by atoms with Crippen LogP contribution in [-0.4, -0.2) is 49.3 Å². The molecule has 0 bridgehead atoms. The van der Waals surface area contributed by atoms with E-state index in [0.29, 0.717) is 12.1 Å². The Bertz CT molecular complexity index is 208. The lowest BCUT2D eigenvalue weighted by Gasteiger charge is -2.35. The van der Waals surface area contributed by atoms with E-state index in [9.17, 15) is 0 Å². The summed E-state index contributed by atoms with van der Waals surface area (Å²) in [7, 11) is 1.79. The minimum Gasteiger partial charge on any atom is -0.379 e. The van der Waals surface area contributed by atoms with Crippen molar-refractivity contribution in [3.63, 3.8) is 0 Å². The molecule has 1 heterocycles. The molecule has 102 valence electrons. The highest BCUT2D eigenvalue weighted by Gasteiger charge is 2.21. The maximum absolute atomic E-state index is 5.43. The summed E-state index contributed by atoms with van der Waals surface area (Å²) < 4.78 is 5.43. The molecule has 17 heavy (non-hydrogen) atoms. The molecule has 0 saturated carbocycles. The summed E-state index contributed by atoms with van der Waals surface area (Å²) in [4.78, 5) is 2.57. The van der Waals surface area contributed by atoms with Gasteiger partial charge in [0.15, 0.2) is 0 Å². The highest BCUT2D eigenvalue weighted by Crippen LogP contribution is 2.15. The Morgan fingerprint density at radius 3 is 2.35 bits per heavy atom. The maximum atomic E-state index is 5.43. The molecule has 0 atom stereocenters. The highest BCUT2D eigenvalue weighted by molar-refractivity contribution is 4.79. The van der Waals surface area contributed by atoms with Crippen molar-refractivity contribution in [2.75, 3.05) is 26.7 Å². The van der Waals surface area contributed by atoms with E-state index in [2.05, 4.69) is 37.9 Å². The lowest BCUT2D eigenvalue weighted by Crippen LogP contribution is -2.45. The Kier molecular flexibility index (Phi) is 5.90. The van der Waals surface area contributed by atoms with E-state index < -0.39 is 0 Å². The van der Waals surface area contributed by atoms with Gasteiger partial charge >= 0.3 is 0 Å². The van der Waals surface area contributed by atoms with Gasteiger partial charge in [-0.3, -0.25) is 0 Å². The Hall–Kier alpha value is -0.120. The number of likely N-dealkylation sites (tertiary alicyclic amines) is 1. The van der Waals surface area contributed by atoms with Crippen LogP contribution in [0.5, 0.6) is 0 Å². The van der Waals surface area contributed by atoms with Gasteiger partial charge in [-0.25, -0.2) is 0 Å². The summed E-state index contributed by atoms with van der Waals surface area (Å²) in [5, 5.41) is 3.66. The molecule has 3 heteroatoms. The normalized spacial score (nSPS) is 20.1. The summed E-state index contributed by atoms with van der Waals surface area (Å²) in [5.74, 6) is 0. The summed E-state index contributed by atoms with van der Waals surface area (Å²) in [6.45, 7) is 12.4. The standard InChI is InChI=1S/C14H30N2O/c1-12(2)16-10-6-13(7-11-16)15-9-8-14(3,4)17-5/h12-13,15H,6-11H2,1-5H3. The average molecular weight is 242 g/mol. The van der Waals surface area contributed by atoms with Crippen LogP contribution in [0.1, 0.15) is 47.0 Å². The van der Waals surface area contributed by atoms with Gasteiger partial charge < -0.3 is 15.0 Å². The van der Waals surface area contributed by atoms with Crippen LogP contribution in [-0.2, 0) is 4.74 Å². The third-order valence-corrected chi connectivity index (χ3v) is 3.97. The molecule has 0 aromatic heterocycles. The zero-order valence-electron chi connectivity index (χ0n) is 12.3. The van der Waals surface area contributed by atoms with Crippen molar-refractivity contribution in [2.24, 2.45) is 0 Å². The Labute approximate surface area is 107 Å². The van der Waals surface area contributed by atoms with Gasteiger partial charge in [-0.15, -0.1) is 0 Å². The van der Waals surface area contributed by atoms with Gasteiger partial charge in [-0.2, -0.15) is 0 Å². The molecule has 0 spiro atoms. The van der Waals surface area contributed by atoms with E-state index in [-0.39, 0.29) is 5.60 Å². The Morgan fingerprint density at radius 2 is 1.88 bits per heavy atom. The van der Waals surface area contributed by atoms with Gasteiger partial charge in [0.05, 0.1) is 5.60 Å². The molecular weight excluding hydrogens is 212 g/mol. The van der Waals surface area contributed by atoms with E-state index in [1.807, 2.05) is 0 Å². The second-order valence-corrected chi connectivity index (χ2v) is 6.07. The Balaban J connectivity index is 2.14. The SMILES string of the molecule is COC(C)(C)CCNC1CCN(C(C)C)CC1. The highest BCUT2D eigenvalue weighted by atomic mass is 16.5. The molecule has 1 aliphatic heterocycles. The van der Waals surface area contributed by atoms with E-state index >= 15 is 0 Å². The largest absolute Gasteiger partial charge is 0.379 e. The molecule has 1 fully saturated rings. The Morgan fingerprint density at radius 1 is 1.29 bits per heavy atom. The molecule has 0 aromatic carbocycles. The van der Waals surface area contributed by atoms with Crippen molar-refractivity contribution in [3.05, 3.63) is 0 Å². The fourth-order valence-corrected chi connectivity index (χ4v) is 2.30. The first-order valence-electron chi connectivity index (χ1n) is 6.97. The number of methoxy groups -OCH3 is 1. The van der Waals surface area contributed by atoms with E-state index in [1.165, 1.54) is 25.9 Å². The van der Waals surface area contributed by atoms with Crippen LogP contribution in [0, 0.1) is 0 Å². The second kappa shape index (κ2) is 6.72. The zero-order valence-corrected chi connectivity index (χ0v) is 12.3. The first kappa shape index (κ1) is 14.9. The maximum Gasteiger partial charge on any atom is 0.0634 e. The van der Waals surface area contributed by atoms with Crippen LogP contribution in [0.25, 0.3) is 0 Å². The van der Waals surface area contributed by atoms with Crippen molar-refractivity contribution in [2.45, 2.75) is 64.6 Å². The molecule has 1 N–H and O–H groups in total. The van der Waals surface area contributed by atoms with Gasteiger partial charge in [0.25, 0.3) is 0 Å². The number of nitrogens with zero attached hydrogens (tertiary/aromatic N) is 1. The van der Waals surface area contributed by atoms with Gasteiger partial charge in [0.1, 0.15) is 0 Å². The fourth-order valence-electron chi connectivity index (χ4n) is 2.30. The molecule has 0 unspecified atom stereocenters. The van der Waals surface area contributed by atoms with Crippen LogP contribution in [0.4, 0.5) is 0 Å². The predicted molar refractivity (Wildman–Crippen MR) is 73.4 cm³/mol. The monoisotopic (exact) mass is 242 g/mol. The van der Waals surface area contributed by atoms with Crippen molar-refractivity contribution in [1.82, 2.24) is 10.2 Å². The molecule has 0 radical (unpaired) electrons. The molecule has 1 saturated heterocycles. The third kappa shape index (κ3) is 5.36. The number of rotatable bonds is 6. The summed E-state index contributed by atoms with van der Waals surface area (Å²) in [6, 6.07) is 1.40. The van der Waals surface area contributed by atoms with Gasteiger partial charge in [-0.05, 0) is 66.6 Å². The average Bonchev–Trinajstić information content (AvgIpc) is 2.29. The first-order chi connectivity index (χ1) is 7.94. The quantitative estimate of drug-likeness (QED) is 0.773. The topological polar surface area (TPSA) is 24.5 Å². The predicted octanol–water partition coefficient (Wildman–Crippen LogP) is 2.26. The second-order valence-electron chi connectivity index (χ2n) is 6.07. The summed E-state index contributed by atoms with van der Waals surface area (Å²) in [6.07, 6.45) is 3.64. The molecule has 0 amide bonds. The van der Waals surface area contributed by atoms with Crippen molar-refractivity contribution < 1.29 is 4.74 Å². The van der Waals surface area contributed by atoms with Gasteiger partial charge in [0, 0.05) is 19.2 Å². The van der Waals surface area contributed by atoms with Crippen LogP contribution >= 0.6 is 0 Å². The molecule has 0 aliphatic carbocycles. The van der Waals surface area contributed by atoms with Crippen molar-refractivity contribution in [3.8, 4) is 0 Å². The van der Waals surface area contributed by atoms with Crippen LogP contribution < -0.4 is 5.32 Å². The number of hydrogen-bond acceptors (Lipinski definition) is 3. The number of nitrogens with one attached hydrogen (secondary N) is 1. The van der Waals surface area contributed by atoms with Crippen LogP contribution in [0.3, 0.4) is 0 Å². The van der Waals surface area contributed by atoms with E-state index in [1.54, 1.807) is 7.11 Å². The number of piperidine rings is 1. The van der Waals surface area contributed by atoms with Gasteiger partial charge in [-0.1, -0.05) is 0 Å². The molecule has 0 aromatic rings. The third-order valence-electron chi connectivity index (χ3n) is 3.97.